The molecular formula is C29H35N3O5S. The summed E-state index contributed by atoms with van der Waals surface area (Å²) < 4.78 is 33.8. The highest BCUT2D eigenvalue weighted by Gasteiger charge is 2.32. The molecule has 0 heterocycles. The maximum absolute atomic E-state index is 13.8. The van der Waals surface area contributed by atoms with Gasteiger partial charge in [0.15, 0.2) is 0 Å². The predicted molar refractivity (Wildman–Crippen MR) is 148 cm³/mol. The molecule has 0 saturated heterocycles. The zero-order chi connectivity index (χ0) is 27.7. The van der Waals surface area contributed by atoms with Gasteiger partial charge in [-0.3, -0.25) is 13.9 Å². The highest BCUT2D eigenvalue weighted by atomic mass is 32.2. The molecule has 0 radical (unpaired) electrons. The summed E-state index contributed by atoms with van der Waals surface area (Å²) >= 11 is 0. The van der Waals surface area contributed by atoms with Gasteiger partial charge in [-0.05, 0) is 62.2 Å². The second kappa shape index (κ2) is 13.1. The lowest BCUT2D eigenvalue weighted by Gasteiger charge is -2.32. The van der Waals surface area contributed by atoms with Crippen molar-refractivity contribution in [1.29, 1.82) is 0 Å². The van der Waals surface area contributed by atoms with E-state index in [1.165, 1.54) is 24.1 Å². The van der Waals surface area contributed by atoms with E-state index in [2.05, 4.69) is 5.32 Å². The minimum absolute atomic E-state index is 0.0563. The minimum Gasteiger partial charge on any atom is -0.497 e. The van der Waals surface area contributed by atoms with Crippen LogP contribution in [0.15, 0.2) is 89.8 Å². The van der Waals surface area contributed by atoms with Gasteiger partial charge >= 0.3 is 0 Å². The number of sulfonamides is 1. The van der Waals surface area contributed by atoms with Crippen molar-refractivity contribution < 1.29 is 22.7 Å². The van der Waals surface area contributed by atoms with Crippen molar-refractivity contribution in [2.45, 2.75) is 50.7 Å². The highest BCUT2D eigenvalue weighted by molar-refractivity contribution is 7.92. The van der Waals surface area contributed by atoms with Crippen LogP contribution in [0.3, 0.4) is 0 Å². The quantitative estimate of drug-likeness (QED) is 0.373. The number of nitrogens with one attached hydrogen (secondary N) is 1. The Morgan fingerprint density at radius 1 is 0.895 bits per heavy atom. The Labute approximate surface area is 225 Å². The molecular weight excluding hydrogens is 502 g/mol. The third-order valence-electron chi connectivity index (χ3n) is 6.33. The Morgan fingerprint density at radius 2 is 1.47 bits per heavy atom. The first-order valence-corrected chi connectivity index (χ1v) is 14.0. The Kier molecular flexibility index (Phi) is 9.90. The van der Waals surface area contributed by atoms with E-state index in [1.54, 1.807) is 49.4 Å². The van der Waals surface area contributed by atoms with Crippen LogP contribution in [-0.2, 0) is 26.2 Å². The van der Waals surface area contributed by atoms with Gasteiger partial charge in [0, 0.05) is 12.6 Å². The van der Waals surface area contributed by atoms with Crippen molar-refractivity contribution in [3.63, 3.8) is 0 Å². The number of hydrogen-bond donors (Lipinski definition) is 1. The van der Waals surface area contributed by atoms with E-state index in [0.29, 0.717) is 11.4 Å². The van der Waals surface area contributed by atoms with Gasteiger partial charge in [-0.2, -0.15) is 0 Å². The molecule has 3 aromatic rings. The number of nitrogens with zero attached hydrogens (tertiary/aromatic N) is 2. The van der Waals surface area contributed by atoms with Crippen LogP contribution in [0, 0.1) is 0 Å². The van der Waals surface area contributed by atoms with E-state index in [0.717, 1.165) is 16.3 Å². The van der Waals surface area contributed by atoms with Crippen LogP contribution in [0.1, 0.15) is 32.8 Å². The lowest BCUT2D eigenvalue weighted by atomic mass is 10.1. The SMILES string of the molecule is CC[C@@H](C)NC(=O)[C@@H](C)N(Cc1ccccc1)C(=O)CN(c1ccc(OC)cc1)S(=O)(=O)c1ccccc1. The molecule has 0 unspecified atom stereocenters. The summed E-state index contributed by atoms with van der Waals surface area (Å²) in [5, 5.41) is 2.93. The summed E-state index contributed by atoms with van der Waals surface area (Å²) in [6.07, 6.45) is 0.742. The number of rotatable bonds is 12. The molecule has 2 amide bonds. The monoisotopic (exact) mass is 537 g/mol. The molecule has 0 aliphatic rings. The fourth-order valence-corrected chi connectivity index (χ4v) is 5.26. The lowest BCUT2D eigenvalue weighted by Crippen LogP contribution is -2.52. The van der Waals surface area contributed by atoms with E-state index in [9.17, 15) is 18.0 Å². The zero-order valence-corrected chi connectivity index (χ0v) is 23.0. The first-order chi connectivity index (χ1) is 18.2. The fraction of sp³-hybridized carbons (Fsp3) is 0.310. The standard InChI is InChI=1S/C29H35N3O5S/c1-5-22(2)30-29(34)23(3)31(20-24-12-8-6-9-13-24)28(33)21-32(25-16-18-26(37-4)19-17-25)38(35,36)27-14-10-7-11-15-27/h6-19,22-23H,5,20-21H2,1-4H3,(H,30,34)/t22-,23-/m1/s1. The fourth-order valence-electron chi connectivity index (χ4n) is 3.83. The summed E-state index contributed by atoms with van der Waals surface area (Å²) in [5.74, 6) is -0.250. The van der Waals surface area contributed by atoms with E-state index >= 15 is 0 Å². The van der Waals surface area contributed by atoms with Gasteiger partial charge in [-0.15, -0.1) is 0 Å². The van der Waals surface area contributed by atoms with Crippen molar-refractivity contribution in [2.75, 3.05) is 18.0 Å². The topological polar surface area (TPSA) is 96.0 Å². The Bertz CT molecular complexity index is 1300. The van der Waals surface area contributed by atoms with Gasteiger partial charge in [0.05, 0.1) is 17.7 Å². The predicted octanol–water partition coefficient (Wildman–Crippen LogP) is 4.22. The molecule has 9 heteroatoms. The lowest BCUT2D eigenvalue weighted by molar-refractivity contribution is -0.139. The largest absolute Gasteiger partial charge is 0.497 e. The molecule has 38 heavy (non-hydrogen) atoms. The van der Waals surface area contributed by atoms with E-state index in [1.807, 2.05) is 44.2 Å². The van der Waals surface area contributed by atoms with Gasteiger partial charge < -0.3 is 15.0 Å². The Morgan fingerprint density at radius 3 is 2.03 bits per heavy atom. The van der Waals surface area contributed by atoms with E-state index in [4.69, 9.17) is 4.74 Å². The van der Waals surface area contributed by atoms with Crippen LogP contribution in [0.5, 0.6) is 5.75 Å². The molecule has 3 rings (SSSR count). The summed E-state index contributed by atoms with van der Waals surface area (Å²) in [6, 6.07) is 22.8. The number of carbonyl (C=O) groups is 2. The Hall–Kier alpha value is -3.85. The van der Waals surface area contributed by atoms with Crippen LogP contribution in [0.2, 0.25) is 0 Å². The smallest absolute Gasteiger partial charge is 0.264 e. The molecule has 0 aromatic heterocycles. The third kappa shape index (κ3) is 7.13. The van der Waals surface area contributed by atoms with Crippen LogP contribution < -0.4 is 14.4 Å². The zero-order valence-electron chi connectivity index (χ0n) is 22.2. The van der Waals surface area contributed by atoms with E-state index < -0.39 is 28.5 Å². The molecule has 1 N–H and O–H groups in total. The van der Waals surface area contributed by atoms with E-state index in [-0.39, 0.29) is 23.4 Å². The van der Waals surface area contributed by atoms with Crippen LogP contribution in [0.4, 0.5) is 5.69 Å². The highest BCUT2D eigenvalue weighted by Crippen LogP contribution is 2.26. The van der Waals surface area contributed by atoms with Gasteiger partial charge in [-0.25, -0.2) is 8.42 Å². The number of hydrogen-bond acceptors (Lipinski definition) is 5. The summed E-state index contributed by atoms with van der Waals surface area (Å²) in [6.45, 7) is 5.17. The maximum Gasteiger partial charge on any atom is 0.264 e. The van der Waals surface area contributed by atoms with Crippen LogP contribution in [-0.4, -0.2) is 50.9 Å². The van der Waals surface area contributed by atoms with Crippen molar-refractivity contribution in [1.82, 2.24) is 10.2 Å². The van der Waals surface area contributed by atoms with Crippen molar-refractivity contribution in [2.24, 2.45) is 0 Å². The number of carbonyl (C=O) groups excluding carboxylic acids is 2. The second-order valence-electron chi connectivity index (χ2n) is 9.02. The molecule has 0 saturated carbocycles. The van der Waals surface area contributed by atoms with Crippen molar-refractivity contribution in [3.05, 3.63) is 90.5 Å². The second-order valence-corrected chi connectivity index (χ2v) is 10.9. The maximum atomic E-state index is 13.8. The molecule has 0 aliphatic carbocycles. The molecule has 8 nitrogen and oxygen atoms in total. The summed E-state index contributed by atoms with van der Waals surface area (Å²) in [5.41, 5.74) is 1.13. The minimum atomic E-state index is -4.10. The molecule has 3 aromatic carbocycles. The molecule has 2 atom stereocenters. The number of amides is 2. The van der Waals surface area contributed by atoms with Gasteiger partial charge in [0.25, 0.3) is 10.0 Å². The summed E-state index contributed by atoms with van der Waals surface area (Å²) in [7, 11) is -2.58. The number of anilines is 1. The third-order valence-corrected chi connectivity index (χ3v) is 8.12. The molecule has 0 fully saturated rings. The Balaban J connectivity index is 2.00. The van der Waals surface area contributed by atoms with Crippen LogP contribution in [0.25, 0.3) is 0 Å². The van der Waals surface area contributed by atoms with Crippen molar-refractivity contribution in [3.8, 4) is 5.75 Å². The average Bonchev–Trinajstić information content (AvgIpc) is 2.95. The number of benzene rings is 3. The summed E-state index contributed by atoms with van der Waals surface area (Å²) in [4.78, 5) is 28.4. The molecule has 0 bridgehead atoms. The molecule has 202 valence electrons. The first kappa shape index (κ1) is 28.7. The van der Waals surface area contributed by atoms with Gasteiger partial charge in [0.2, 0.25) is 11.8 Å². The normalized spacial score (nSPS) is 12.7. The molecule has 0 aliphatic heterocycles. The first-order valence-electron chi connectivity index (χ1n) is 12.5. The van der Waals surface area contributed by atoms with Gasteiger partial charge in [-0.1, -0.05) is 55.5 Å². The average molecular weight is 538 g/mol. The molecule has 0 spiro atoms. The van der Waals surface area contributed by atoms with Crippen LogP contribution >= 0.6 is 0 Å². The number of ether oxygens (including phenoxy) is 1. The van der Waals surface area contributed by atoms with Crippen molar-refractivity contribution >= 4 is 27.5 Å². The number of methoxy groups -OCH3 is 1. The van der Waals surface area contributed by atoms with Gasteiger partial charge in [0.1, 0.15) is 18.3 Å².